The molecule has 1 heterocycles. The van der Waals surface area contributed by atoms with Crippen LogP contribution in [0.25, 0.3) is 0 Å². The van der Waals surface area contributed by atoms with Crippen molar-refractivity contribution in [1.29, 1.82) is 0 Å². The van der Waals surface area contributed by atoms with E-state index in [1.165, 1.54) is 11.8 Å². The molecule has 0 bridgehead atoms. The quantitative estimate of drug-likeness (QED) is 0.825. The second-order valence-corrected chi connectivity index (χ2v) is 5.61. The van der Waals surface area contributed by atoms with E-state index in [-0.39, 0.29) is 17.7 Å². The van der Waals surface area contributed by atoms with Gasteiger partial charge in [0.2, 0.25) is 5.91 Å². The lowest BCUT2D eigenvalue weighted by molar-refractivity contribution is -0.123. The monoisotopic (exact) mass is 314 g/mol. The minimum Gasteiger partial charge on any atom is -0.459 e. The summed E-state index contributed by atoms with van der Waals surface area (Å²) in [6, 6.07) is 12.7. The highest BCUT2D eigenvalue weighted by Gasteiger charge is 2.19. The standard InChI is InChI=1S/C18H22N2O3/c1-13(10-11-15-7-4-3-5-8-15)19-17(21)14(2)20-18(22)16-9-6-12-23-16/h3-9,12-14H,10-11H2,1-2H3,(H,19,21)(H,20,22)/t13?,14-/m0/s1. The molecule has 2 N–H and O–H groups in total. The second-order valence-electron chi connectivity index (χ2n) is 5.61. The molecule has 23 heavy (non-hydrogen) atoms. The normalized spacial score (nSPS) is 13.1. The Kier molecular flexibility index (Phi) is 5.97. The first kappa shape index (κ1) is 16.8. The molecule has 0 aliphatic rings. The van der Waals surface area contributed by atoms with Gasteiger partial charge >= 0.3 is 0 Å². The van der Waals surface area contributed by atoms with Crippen LogP contribution in [0.4, 0.5) is 0 Å². The lowest BCUT2D eigenvalue weighted by Crippen LogP contribution is -2.47. The zero-order chi connectivity index (χ0) is 16.7. The van der Waals surface area contributed by atoms with E-state index < -0.39 is 11.9 Å². The summed E-state index contributed by atoms with van der Waals surface area (Å²) in [7, 11) is 0. The SMILES string of the molecule is CC(CCc1ccccc1)NC(=O)[C@H](C)NC(=O)c1ccco1. The lowest BCUT2D eigenvalue weighted by atomic mass is 10.1. The van der Waals surface area contributed by atoms with Crippen LogP contribution in [0.3, 0.4) is 0 Å². The maximum Gasteiger partial charge on any atom is 0.287 e. The zero-order valence-electron chi connectivity index (χ0n) is 13.4. The molecule has 2 rings (SSSR count). The van der Waals surface area contributed by atoms with Crippen LogP contribution >= 0.6 is 0 Å². The van der Waals surface area contributed by atoms with Crippen LogP contribution in [0.2, 0.25) is 0 Å². The van der Waals surface area contributed by atoms with Crippen molar-refractivity contribution < 1.29 is 14.0 Å². The van der Waals surface area contributed by atoms with Crippen molar-refractivity contribution >= 4 is 11.8 Å². The van der Waals surface area contributed by atoms with Gasteiger partial charge in [-0.2, -0.15) is 0 Å². The maximum absolute atomic E-state index is 12.1. The molecule has 0 spiro atoms. The highest BCUT2D eigenvalue weighted by atomic mass is 16.3. The predicted molar refractivity (Wildman–Crippen MR) is 88.0 cm³/mol. The summed E-state index contributed by atoms with van der Waals surface area (Å²) < 4.78 is 5.00. The van der Waals surface area contributed by atoms with Gasteiger partial charge in [0.15, 0.2) is 5.76 Å². The number of hydrogen-bond donors (Lipinski definition) is 2. The van der Waals surface area contributed by atoms with Gasteiger partial charge < -0.3 is 15.1 Å². The van der Waals surface area contributed by atoms with Crippen LogP contribution in [-0.2, 0) is 11.2 Å². The van der Waals surface area contributed by atoms with Gasteiger partial charge in [-0.15, -0.1) is 0 Å². The van der Waals surface area contributed by atoms with E-state index in [1.807, 2.05) is 25.1 Å². The molecule has 2 amide bonds. The minimum absolute atomic E-state index is 0.0330. The predicted octanol–water partition coefficient (Wildman–Crippen LogP) is 2.54. The topological polar surface area (TPSA) is 71.3 Å². The third-order valence-corrected chi connectivity index (χ3v) is 3.58. The van der Waals surface area contributed by atoms with Crippen LogP contribution < -0.4 is 10.6 Å². The molecule has 122 valence electrons. The minimum atomic E-state index is -0.619. The summed E-state index contributed by atoms with van der Waals surface area (Å²) in [6.07, 6.45) is 3.16. The number of nitrogens with one attached hydrogen (secondary N) is 2. The van der Waals surface area contributed by atoms with Gasteiger partial charge in [-0.25, -0.2) is 0 Å². The number of aryl methyl sites for hydroxylation is 1. The number of amides is 2. The third kappa shape index (κ3) is 5.29. The van der Waals surface area contributed by atoms with Gasteiger partial charge in [-0.05, 0) is 44.4 Å². The van der Waals surface area contributed by atoms with Crippen molar-refractivity contribution in [1.82, 2.24) is 10.6 Å². The van der Waals surface area contributed by atoms with Crippen LogP contribution in [-0.4, -0.2) is 23.9 Å². The van der Waals surface area contributed by atoms with E-state index in [1.54, 1.807) is 19.1 Å². The lowest BCUT2D eigenvalue weighted by Gasteiger charge is -2.18. The average molecular weight is 314 g/mol. The summed E-state index contributed by atoms with van der Waals surface area (Å²) >= 11 is 0. The number of hydrogen-bond acceptors (Lipinski definition) is 3. The molecule has 1 aromatic heterocycles. The van der Waals surface area contributed by atoms with Crippen molar-refractivity contribution in [2.45, 2.75) is 38.8 Å². The van der Waals surface area contributed by atoms with Crippen LogP contribution in [0.1, 0.15) is 36.4 Å². The summed E-state index contributed by atoms with van der Waals surface area (Å²) in [5.74, 6) is -0.401. The molecule has 1 aromatic carbocycles. The Labute approximate surface area is 136 Å². The van der Waals surface area contributed by atoms with E-state index >= 15 is 0 Å². The average Bonchev–Trinajstić information content (AvgIpc) is 3.08. The molecular formula is C18H22N2O3. The van der Waals surface area contributed by atoms with Crippen molar-refractivity contribution in [2.24, 2.45) is 0 Å². The molecular weight excluding hydrogens is 292 g/mol. The summed E-state index contributed by atoms with van der Waals surface area (Å²) in [4.78, 5) is 23.9. The molecule has 2 atom stereocenters. The zero-order valence-corrected chi connectivity index (χ0v) is 13.4. The van der Waals surface area contributed by atoms with E-state index in [4.69, 9.17) is 4.42 Å². The number of carbonyl (C=O) groups excluding carboxylic acids is 2. The molecule has 0 aliphatic carbocycles. The summed E-state index contributed by atoms with van der Waals surface area (Å²) in [5.41, 5.74) is 1.24. The van der Waals surface area contributed by atoms with E-state index in [0.717, 1.165) is 12.8 Å². The first-order valence-electron chi connectivity index (χ1n) is 7.75. The molecule has 0 radical (unpaired) electrons. The van der Waals surface area contributed by atoms with Crippen LogP contribution in [0.15, 0.2) is 53.1 Å². The molecule has 1 unspecified atom stereocenters. The Morgan fingerprint density at radius 1 is 1.04 bits per heavy atom. The molecule has 0 saturated heterocycles. The van der Waals surface area contributed by atoms with Crippen LogP contribution in [0.5, 0.6) is 0 Å². The van der Waals surface area contributed by atoms with Gasteiger partial charge in [0.1, 0.15) is 6.04 Å². The number of carbonyl (C=O) groups is 2. The Bertz CT molecular complexity index is 623. The Hall–Kier alpha value is -2.56. The first-order chi connectivity index (χ1) is 11.1. The number of rotatable bonds is 7. The fraction of sp³-hybridized carbons (Fsp3) is 0.333. The maximum atomic E-state index is 12.1. The van der Waals surface area contributed by atoms with Crippen LogP contribution in [0, 0.1) is 0 Å². The van der Waals surface area contributed by atoms with Gasteiger partial charge in [-0.3, -0.25) is 9.59 Å². The third-order valence-electron chi connectivity index (χ3n) is 3.58. The Balaban J connectivity index is 1.75. The molecule has 0 fully saturated rings. The summed E-state index contributed by atoms with van der Waals surface area (Å²) in [6.45, 7) is 3.61. The molecule has 2 aromatic rings. The molecule has 0 saturated carbocycles. The molecule has 5 nitrogen and oxygen atoms in total. The number of furan rings is 1. The van der Waals surface area contributed by atoms with E-state index in [2.05, 4.69) is 22.8 Å². The Morgan fingerprint density at radius 2 is 1.78 bits per heavy atom. The van der Waals surface area contributed by atoms with Crippen molar-refractivity contribution in [3.63, 3.8) is 0 Å². The summed E-state index contributed by atoms with van der Waals surface area (Å²) in [5, 5.41) is 5.53. The van der Waals surface area contributed by atoms with Crippen molar-refractivity contribution in [3.05, 3.63) is 60.1 Å². The van der Waals surface area contributed by atoms with Gasteiger partial charge in [0.05, 0.1) is 6.26 Å². The largest absolute Gasteiger partial charge is 0.459 e. The van der Waals surface area contributed by atoms with E-state index in [0.29, 0.717) is 0 Å². The second kappa shape index (κ2) is 8.17. The smallest absolute Gasteiger partial charge is 0.287 e. The van der Waals surface area contributed by atoms with Gasteiger partial charge in [-0.1, -0.05) is 30.3 Å². The first-order valence-corrected chi connectivity index (χ1v) is 7.75. The fourth-order valence-electron chi connectivity index (χ4n) is 2.21. The number of benzene rings is 1. The highest BCUT2D eigenvalue weighted by molar-refractivity contribution is 5.95. The molecule has 5 heteroatoms. The van der Waals surface area contributed by atoms with Crippen molar-refractivity contribution in [2.75, 3.05) is 0 Å². The van der Waals surface area contributed by atoms with Gasteiger partial charge in [0, 0.05) is 6.04 Å². The fourth-order valence-corrected chi connectivity index (χ4v) is 2.21. The highest BCUT2D eigenvalue weighted by Crippen LogP contribution is 2.05. The van der Waals surface area contributed by atoms with Crippen molar-refractivity contribution in [3.8, 4) is 0 Å². The molecule has 0 aliphatic heterocycles. The van der Waals surface area contributed by atoms with E-state index in [9.17, 15) is 9.59 Å². The van der Waals surface area contributed by atoms with Gasteiger partial charge in [0.25, 0.3) is 5.91 Å². The Morgan fingerprint density at radius 3 is 2.43 bits per heavy atom.